The first-order valence-corrected chi connectivity index (χ1v) is 9.70. The van der Waals surface area contributed by atoms with Gasteiger partial charge in [-0.3, -0.25) is 9.20 Å². The van der Waals surface area contributed by atoms with E-state index >= 15 is 0 Å². The maximum atomic E-state index is 13.8. The second-order valence-electron chi connectivity index (χ2n) is 7.60. The maximum Gasteiger partial charge on any atom is 0.229 e. The van der Waals surface area contributed by atoms with Crippen LogP contribution < -0.4 is 5.32 Å². The minimum Gasteiger partial charge on any atom is -0.310 e. The van der Waals surface area contributed by atoms with Gasteiger partial charge in [-0.15, -0.1) is 0 Å². The highest BCUT2D eigenvalue weighted by molar-refractivity contribution is 5.98. The van der Waals surface area contributed by atoms with Crippen LogP contribution in [0.15, 0.2) is 72.9 Å². The molecule has 0 aliphatic heterocycles. The van der Waals surface area contributed by atoms with E-state index in [9.17, 15) is 9.18 Å². The van der Waals surface area contributed by atoms with Crippen LogP contribution in [0, 0.1) is 18.7 Å². The number of nitrogens with zero attached hydrogens (tertiary/aromatic N) is 2. The van der Waals surface area contributed by atoms with Gasteiger partial charge in [0.2, 0.25) is 5.91 Å². The minimum atomic E-state index is -0.334. The summed E-state index contributed by atoms with van der Waals surface area (Å²) >= 11 is 0. The van der Waals surface area contributed by atoms with Gasteiger partial charge in [-0.25, -0.2) is 9.37 Å². The number of pyridine rings is 1. The summed E-state index contributed by atoms with van der Waals surface area (Å²) in [6.07, 6.45) is 2.72. The Labute approximate surface area is 168 Å². The quantitative estimate of drug-likeness (QED) is 0.525. The average Bonchev–Trinajstić information content (AvgIpc) is 3.46. The van der Waals surface area contributed by atoms with Gasteiger partial charge in [-0.05, 0) is 54.7 Å². The standard InChI is InChI=1S/C24H20FN3O/c1-15-10-11-28-21(12-15)26-22(17-8-5-9-18(25)13-17)23(28)27-24(29)20-14-19(20)16-6-3-2-4-7-16/h2-13,19-20H,14H2,1H3,(H,27,29)/t19-,20+/m0/s1. The first kappa shape index (κ1) is 17.6. The molecule has 2 aromatic carbocycles. The van der Waals surface area contributed by atoms with Crippen LogP contribution in [-0.2, 0) is 4.79 Å². The van der Waals surface area contributed by atoms with Crippen LogP contribution in [0.4, 0.5) is 10.2 Å². The molecule has 0 radical (unpaired) electrons. The van der Waals surface area contributed by atoms with Gasteiger partial charge in [0.1, 0.15) is 23.0 Å². The number of fused-ring (bicyclic) bond motifs is 1. The molecule has 4 nitrogen and oxygen atoms in total. The Hall–Kier alpha value is -3.47. The number of benzene rings is 2. The van der Waals surface area contributed by atoms with E-state index in [2.05, 4.69) is 22.4 Å². The molecule has 2 atom stereocenters. The van der Waals surface area contributed by atoms with Crippen molar-refractivity contribution in [3.05, 3.63) is 89.9 Å². The summed E-state index contributed by atoms with van der Waals surface area (Å²) in [4.78, 5) is 17.7. The monoisotopic (exact) mass is 385 g/mol. The molecule has 29 heavy (non-hydrogen) atoms. The van der Waals surface area contributed by atoms with Crippen LogP contribution in [0.25, 0.3) is 16.9 Å². The van der Waals surface area contributed by atoms with E-state index in [0.717, 1.165) is 17.6 Å². The lowest BCUT2D eigenvalue weighted by Gasteiger charge is -2.08. The lowest BCUT2D eigenvalue weighted by molar-refractivity contribution is -0.117. The molecule has 1 fully saturated rings. The highest BCUT2D eigenvalue weighted by Crippen LogP contribution is 2.48. The normalized spacial score (nSPS) is 18.0. The Kier molecular flexibility index (Phi) is 4.16. The van der Waals surface area contributed by atoms with Gasteiger partial charge in [0.25, 0.3) is 0 Å². The van der Waals surface area contributed by atoms with Gasteiger partial charge < -0.3 is 5.32 Å². The van der Waals surface area contributed by atoms with E-state index in [1.165, 1.54) is 17.7 Å². The van der Waals surface area contributed by atoms with Gasteiger partial charge in [-0.1, -0.05) is 42.5 Å². The summed E-state index contributed by atoms with van der Waals surface area (Å²) in [5, 5.41) is 3.07. The number of carbonyl (C=O) groups is 1. The zero-order valence-electron chi connectivity index (χ0n) is 16.0. The summed E-state index contributed by atoms with van der Waals surface area (Å²) in [6, 6.07) is 20.3. The van der Waals surface area contributed by atoms with Crippen molar-refractivity contribution in [1.29, 1.82) is 0 Å². The number of nitrogens with one attached hydrogen (secondary N) is 1. The number of rotatable bonds is 4. The summed E-state index contributed by atoms with van der Waals surface area (Å²) in [6.45, 7) is 1.99. The smallest absolute Gasteiger partial charge is 0.229 e. The van der Waals surface area contributed by atoms with E-state index in [1.54, 1.807) is 12.1 Å². The molecule has 144 valence electrons. The van der Waals surface area contributed by atoms with Crippen molar-refractivity contribution < 1.29 is 9.18 Å². The van der Waals surface area contributed by atoms with Crippen molar-refractivity contribution >= 4 is 17.4 Å². The fourth-order valence-corrected chi connectivity index (χ4v) is 3.87. The van der Waals surface area contributed by atoms with Crippen LogP contribution in [0.3, 0.4) is 0 Å². The van der Waals surface area contributed by atoms with Gasteiger partial charge >= 0.3 is 0 Å². The lowest BCUT2D eigenvalue weighted by atomic mass is 10.1. The zero-order chi connectivity index (χ0) is 20.0. The average molecular weight is 385 g/mol. The summed E-state index contributed by atoms with van der Waals surface area (Å²) in [5.41, 5.74) is 4.18. The number of halogens is 1. The zero-order valence-corrected chi connectivity index (χ0v) is 16.0. The number of aromatic nitrogens is 2. The van der Waals surface area contributed by atoms with E-state index in [-0.39, 0.29) is 23.6 Å². The summed E-state index contributed by atoms with van der Waals surface area (Å²) in [5.74, 6) is 0.400. The van der Waals surface area contributed by atoms with Gasteiger partial charge in [0.05, 0.1) is 0 Å². The van der Waals surface area contributed by atoms with Gasteiger partial charge in [-0.2, -0.15) is 0 Å². The van der Waals surface area contributed by atoms with E-state index in [0.29, 0.717) is 17.1 Å². The molecule has 1 saturated carbocycles. The number of imidazole rings is 1. The molecular weight excluding hydrogens is 365 g/mol. The van der Waals surface area contributed by atoms with E-state index in [4.69, 9.17) is 0 Å². The van der Waals surface area contributed by atoms with Crippen LogP contribution in [0.1, 0.15) is 23.5 Å². The Morgan fingerprint density at radius 3 is 2.72 bits per heavy atom. The maximum absolute atomic E-state index is 13.8. The predicted molar refractivity (Wildman–Crippen MR) is 111 cm³/mol. The number of aryl methyl sites for hydroxylation is 1. The number of hydrogen-bond donors (Lipinski definition) is 1. The van der Waals surface area contributed by atoms with Gasteiger partial charge in [0, 0.05) is 17.7 Å². The lowest BCUT2D eigenvalue weighted by Crippen LogP contribution is -2.16. The van der Waals surface area contributed by atoms with E-state index < -0.39 is 0 Å². The van der Waals surface area contributed by atoms with Crippen LogP contribution >= 0.6 is 0 Å². The first-order chi connectivity index (χ1) is 14.1. The fourth-order valence-electron chi connectivity index (χ4n) is 3.87. The Morgan fingerprint density at radius 2 is 1.93 bits per heavy atom. The van der Waals surface area contributed by atoms with Crippen molar-refractivity contribution in [2.45, 2.75) is 19.3 Å². The second kappa shape index (κ2) is 6.85. The van der Waals surface area contributed by atoms with Crippen LogP contribution in [0.5, 0.6) is 0 Å². The molecule has 2 heterocycles. The molecule has 5 rings (SSSR count). The third-order valence-electron chi connectivity index (χ3n) is 5.48. The largest absolute Gasteiger partial charge is 0.310 e. The highest BCUT2D eigenvalue weighted by atomic mass is 19.1. The van der Waals surface area contributed by atoms with Crippen molar-refractivity contribution in [2.24, 2.45) is 5.92 Å². The number of carbonyl (C=O) groups excluding carboxylic acids is 1. The van der Waals surface area contributed by atoms with Crippen molar-refractivity contribution in [1.82, 2.24) is 9.38 Å². The molecule has 4 aromatic rings. The summed E-state index contributed by atoms with van der Waals surface area (Å²) < 4.78 is 15.7. The Balaban J connectivity index is 1.50. The second-order valence-corrected chi connectivity index (χ2v) is 7.60. The number of amides is 1. The molecule has 0 spiro atoms. The van der Waals surface area contributed by atoms with Gasteiger partial charge in [0.15, 0.2) is 0 Å². The molecule has 1 aliphatic carbocycles. The molecule has 5 heteroatoms. The van der Waals surface area contributed by atoms with Crippen LogP contribution in [-0.4, -0.2) is 15.3 Å². The highest BCUT2D eigenvalue weighted by Gasteiger charge is 2.44. The molecule has 0 saturated heterocycles. The van der Waals surface area contributed by atoms with Crippen molar-refractivity contribution in [2.75, 3.05) is 5.32 Å². The predicted octanol–water partition coefficient (Wildman–Crippen LogP) is 5.19. The van der Waals surface area contributed by atoms with E-state index in [1.807, 2.05) is 47.9 Å². The molecule has 2 aromatic heterocycles. The molecule has 1 N–H and O–H groups in total. The molecular formula is C24H20FN3O. The van der Waals surface area contributed by atoms with Crippen LogP contribution in [0.2, 0.25) is 0 Å². The molecule has 1 amide bonds. The van der Waals surface area contributed by atoms with Crippen molar-refractivity contribution in [3.63, 3.8) is 0 Å². The minimum absolute atomic E-state index is 0.0288. The third kappa shape index (κ3) is 3.29. The Bertz CT molecular complexity index is 1220. The first-order valence-electron chi connectivity index (χ1n) is 9.70. The topological polar surface area (TPSA) is 46.4 Å². The van der Waals surface area contributed by atoms with Crippen molar-refractivity contribution in [3.8, 4) is 11.3 Å². The molecule has 0 unspecified atom stereocenters. The number of hydrogen-bond acceptors (Lipinski definition) is 2. The third-order valence-corrected chi connectivity index (χ3v) is 5.48. The molecule has 1 aliphatic rings. The number of anilines is 1. The molecule has 0 bridgehead atoms. The fraction of sp³-hybridized carbons (Fsp3) is 0.167. The Morgan fingerprint density at radius 1 is 1.10 bits per heavy atom. The summed E-state index contributed by atoms with van der Waals surface area (Å²) in [7, 11) is 0. The SMILES string of the molecule is Cc1ccn2c(NC(=O)[C@@H]3C[C@H]3c3ccccc3)c(-c3cccc(F)c3)nc2c1.